The summed E-state index contributed by atoms with van der Waals surface area (Å²) in [5, 5.41) is 3.33. The monoisotopic (exact) mass is 233 g/mol. The lowest BCUT2D eigenvalue weighted by Crippen LogP contribution is -2.43. The maximum absolute atomic E-state index is 11.3. The Morgan fingerprint density at radius 1 is 1.53 bits per heavy atom. The van der Waals surface area contributed by atoms with E-state index in [1.165, 1.54) is 19.3 Å². The molecule has 2 unspecified atom stereocenters. The molecule has 2 fully saturated rings. The molecule has 0 bridgehead atoms. The molecule has 1 heterocycles. The first-order valence-electron chi connectivity index (χ1n) is 5.53. The molecule has 2 aliphatic rings. The van der Waals surface area contributed by atoms with Crippen LogP contribution in [-0.2, 0) is 9.53 Å². The Hall–Kier alpha value is -0.280. The molecule has 3 nitrogen and oxygen atoms in total. The third kappa shape index (κ3) is 2.85. The van der Waals surface area contributed by atoms with Gasteiger partial charge in [0.05, 0.1) is 0 Å². The quantitative estimate of drug-likeness (QED) is 0.757. The third-order valence-electron chi connectivity index (χ3n) is 3.51. The van der Waals surface area contributed by atoms with Gasteiger partial charge >= 0.3 is 5.97 Å². The molecule has 0 radical (unpaired) electrons. The molecule has 0 aromatic rings. The SMILES string of the molecule is CC1CC(NCC2(C)CCC2)C(=O)O1.Cl. The van der Waals surface area contributed by atoms with Crippen molar-refractivity contribution in [3.05, 3.63) is 0 Å². The fourth-order valence-electron chi connectivity index (χ4n) is 2.25. The highest BCUT2D eigenvalue weighted by molar-refractivity contribution is 5.85. The molecular formula is C11H20ClNO2. The zero-order valence-corrected chi connectivity index (χ0v) is 10.2. The van der Waals surface area contributed by atoms with Gasteiger partial charge in [0, 0.05) is 13.0 Å². The van der Waals surface area contributed by atoms with Crippen molar-refractivity contribution >= 4 is 18.4 Å². The molecule has 2 rings (SSSR count). The Labute approximate surface area is 97.4 Å². The molecule has 2 atom stereocenters. The highest BCUT2D eigenvalue weighted by atomic mass is 35.5. The molecule has 1 saturated carbocycles. The van der Waals surface area contributed by atoms with Crippen LogP contribution < -0.4 is 5.32 Å². The maximum atomic E-state index is 11.3. The van der Waals surface area contributed by atoms with E-state index in [4.69, 9.17) is 4.74 Å². The molecule has 1 saturated heterocycles. The zero-order valence-electron chi connectivity index (χ0n) is 9.41. The van der Waals surface area contributed by atoms with Gasteiger partial charge in [-0.15, -0.1) is 12.4 Å². The lowest BCUT2D eigenvalue weighted by Gasteiger charge is -2.39. The van der Waals surface area contributed by atoms with Crippen molar-refractivity contribution in [2.45, 2.75) is 51.7 Å². The predicted molar refractivity (Wildman–Crippen MR) is 61.2 cm³/mol. The molecule has 0 amide bonds. The largest absolute Gasteiger partial charge is 0.461 e. The first kappa shape index (κ1) is 12.8. The Kier molecular flexibility index (Phi) is 4.01. The van der Waals surface area contributed by atoms with Gasteiger partial charge in [-0.2, -0.15) is 0 Å². The number of rotatable bonds is 3. The second-order valence-corrected chi connectivity index (χ2v) is 5.08. The average molecular weight is 234 g/mol. The molecular weight excluding hydrogens is 214 g/mol. The number of hydrogen-bond acceptors (Lipinski definition) is 3. The number of hydrogen-bond donors (Lipinski definition) is 1. The molecule has 1 aliphatic heterocycles. The van der Waals surface area contributed by atoms with Crippen LogP contribution in [0.4, 0.5) is 0 Å². The van der Waals surface area contributed by atoms with Crippen LogP contribution in [0.5, 0.6) is 0 Å². The van der Waals surface area contributed by atoms with Crippen LogP contribution in [0.1, 0.15) is 39.5 Å². The van der Waals surface area contributed by atoms with Crippen LogP contribution in [-0.4, -0.2) is 24.7 Å². The summed E-state index contributed by atoms with van der Waals surface area (Å²) >= 11 is 0. The topological polar surface area (TPSA) is 38.3 Å². The van der Waals surface area contributed by atoms with Crippen molar-refractivity contribution in [1.82, 2.24) is 5.32 Å². The standard InChI is InChI=1S/C11H19NO2.ClH/c1-8-6-9(10(13)14-8)12-7-11(2)4-3-5-11;/h8-9,12H,3-7H2,1-2H3;1H. The third-order valence-corrected chi connectivity index (χ3v) is 3.51. The number of carbonyl (C=O) groups is 1. The molecule has 0 aromatic heterocycles. The van der Waals surface area contributed by atoms with Crippen molar-refractivity contribution in [3.63, 3.8) is 0 Å². The van der Waals surface area contributed by atoms with E-state index in [0.717, 1.165) is 13.0 Å². The Balaban J connectivity index is 0.00000112. The van der Waals surface area contributed by atoms with Gasteiger partial charge in [0.2, 0.25) is 0 Å². The van der Waals surface area contributed by atoms with E-state index in [1.54, 1.807) is 0 Å². The van der Waals surface area contributed by atoms with Crippen LogP contribution >= 0.6 is 12.4 Å². The highest BCUT2D eigenvalue weighted by Crippen LogP contribution is 2.39. The van der Waals surface area contributed by atoms with E-state index in [2.05, 4.69) is 12.2 Å². The highest BCUT2D eigenvalue weighted by Gasteiger charge is 2.36. The normalized spacial score (nSPS) is 32.8. The summed E-state index contributed by atoms with van der Waals surface area (Å²) in [5.74, 6) is -0.0691. The van der Waals surface area contributed by atoms with Crippen molar-refractivity contribution in [2.75, 3.05) is 6.54 Å². The van der Waals surface area contributed by atoms with Gasteiger partial charge in [0.1, 0.15) is 12.1 Å². The summed E-state index contributed by atoms with van der Waals surface area (Å²) in [5.41, 5.74) is 0.437. The zero-order chi connectivity index (χ0) is 10.2. The Morgan fingerprint density at radius 3 is 2.60 bits per heavy atom. The summed E-state index contributed by atoms with van der Waals surface area (Å²) in [6.07, 6.45) is 4.84. The minimum Gasteiger partial charge on any atom is -0.461 e. The first-order chi connectivity index (χ1) is 6.59. The molecule has 1 N–H and O–H groups in total. The lowest BCUT2D eigenvalue weighted by molar-refractivity contribution is -0.142. The molecule has 88 valence electrons. The van der Waals surface area contributed by atoms with Gasteiger partial charge in [0.25, 0.3) is 0 Å². The van der Waals surface area contributed by atoms with Crippen molar-refractivity contribution in [3.8, 4) is 0 Å². The smallest absolute Gasteiger partial charge is 0.323 e. The van der Waals surface area contributed by atoms with Gasteiger partial charge in [-0.05, 0) is 25.2 Å². The second-order valence-electron chi connectivity index (χ2n) is 5.08. The van der Waals surface area contributed by atoms with Gasteiger partial charge < -0.3 is 10.1 Å². The van der Waals surface area contributed by atoms with Crippen molar-refractivity contribution < 1.29 is 9.53 Å². The van der Waals surface area contributed by atoms with Crippen LogP contribution in [0.15, 0.2) is 0 Å². The van der Waals surface area contributed by atoms with Gasteiger partial charge in [0.15, 0.2) is 0 Å². The fraction of sp³-hybridized carbons (Fsp3) is 0.909. The Morgan fingerprint density at radius 2 is 2.20 bits per heavy atom. The van der Waals surface area contributed by atoms with Crippen molar-refractivity contribution in [2.24, 2.45) is 5.41 Å². The number of carbonyl (C=O) groups excluding carboxylic acids is 1. The van der Waals surface area contributed by atoms with Gasteiger partial charge in [-0.1, -0.05) is 13.3 Å². The lowest BCUT2D eigenvalue weighted by atomic mass is 9.70. The summed E-state index contributed by atoms with van der Waals surface area (Å²) < 4.78 is 5.09. The van der Waals surface area contributed by atoms with E-state index in [-0.39, 0.29) is 30.5 Å². The van der Waals surface area contributed by atoms with Crippen molar-refractivity contribution in [1.29, 1.82) is 0 Å². The molecule has 15 heavy (non-hydrogen) atoms. The van der Waals surface area contributed by atoms with Crippen LogP contribution in [0.25, 0.3) is 0 Å². The van der Waals surface area contributed by atoms with E-state index < -0.39 is 0 Å². The number of esters is 1. The molecule has 4 heteroatoms. The molecule has 1 aliphatic carbocycles. The number of cyclic esters (lactones) is 1. The van der Waals surface area contributed by atoms with Crippen LogP contribution in [0.2, 0.25) is 0 Å². The number of ether oxygens (including phenoxy) is 1. The minimum absolute atomic E-state index is 0. The van der Waals surface area contributed by atoms with Gasteiger partial charge in [-0.3, -0.25) is 4.79 Å². The second kappa shape index (κ2) is 4.71. The van der Waals surface area contributed by atoms with E-state index in [9.17, 15) is 4.79 Å². The molecule has 0 aromatic carbocycles. The molecule has 0 spiro atoms. The Bertz CT molecular complexity index is 241. The van der Waals surface area contributed by atoms with E-state index in [1.807, 2.05) is 6.92 Å². The maximum Gasteiger partial charge on any atom is 0.323 e. The van der Waals surface area contributed by atoms with E-state index >= 15 is 0 Å². The summed E-state index contributed by atoms with van der Waals surface area (Å²) in [6.45, 7) is 5.19. The van der Waals surface area contributed by atoms with Gasteiger partial charge in [-0.25, -0.2) is 0 Å². The fourth-order valence-corrected chi connectivity index (χ4v) is 2.25. The predicted octanol–water partition coefficient (Wildman–Crippen LogP) is 1.89. The summed E-state index contributed by atoms with van der Waals surface area (Å²) in [7, 11) is 0. The minimum atomic E-state index is -0.0691. The average Bonchev–Trinajstić information content (AvgIpc) is 2.38. The van der Waals surface area contributed by atoms with Crippen LogP contribution in [0, 0.1) is 5.41 Å². The summed E-state index contributed by atoms with van der Waals surface area (Å²) in [4.78, 5) is 11.3. The summed E-state index contributed by atoms with van der Waals surface area (Å²) in [6, 6.07) is -0.0533. The first-order valence-corrected chi connectivity index (χ1v) is 5.53. The number of halogens is 1. The number of nitrogens with one attached hydrogen (secondary N) is 1. The van der Waals surface area contributed by atoms with E-state index in [0.29, 0.717) is 5.41 Å². The van der Waals surface area contributed by atoms with Crippen LogP contribution in [0.3, 0.4) is 0 Å².